The molecular weight excluding hydrogens is 306 g/mol. The molecule has 8 heteroatoms. The minimum Gasteiger partial charge on any atom is -0.361 e. The van der Waals surface area contributed by atoms with E-state index in [4.69, 9.17) is 4.52 Å². The normalized spacial score (nSPS) is 16.2. The lowest BCUT2D eigenvalue weighted by Crippen LogP contribution is -2.46. The number of aryl methyl sites for hydroxylation is 3. The molecule has 4 rings (SSSR count). The average molecular weight is 327 g/mol. The Kier molecular flexibility index (Phi) is 3.68. The van der Waals surface area contributed by atoms with Crippen molar-refractivity contribution in [3.63, 3.8) is 0 Å². The molecule has 4 heterocycles. The maximum atomic E-state index is 5.26. The first-order valence-electron chi connectivity index (χ1n) is 8.20. The number of fused-ring (bicyclic) bond motifs is 1. The zero-order valence-electron chi connectivity index (χ0n) is 14.2. The fraction of sp³-hybridized carbons (Fsp3) is 0.500. The van der Waals surface area contributed by atoms with Gasteiger partial charge < -0.3 is 9.42 Å². The van der Waals surface area contributed by atoms with Crippen LogP contribution in [0.25, 0.3) is 5.65 Å². The lowest BCUT2D eigenvalue weighted by molar-refractivity contribution is 0.247. The first kappa shape index (κ1) is 15.1. The topological polar surface area (TPSA) is 75.6 Å². The highest BCUT2D eigenvalue weighted by atomic mass is 16.5. The molecule has 0 radical (unpaired) electrons. The minimum atomic E-state index is 0.785. The van der Waals surface area contributed by atoms with Crippen molar-refractivity contribution in [3.05, 3.63) is 35.0 Å². The van der Waals surface area contributed by atoms with Crippen LogP contribution in [0.3, 0.4) is 0 Å². The van der Waals surface area contributed by atoms with Crippen LogP contribution in [0.1, 0.15) is 22.8 Å². The van der Waals surface area contributed by atoms with Crippen LogP contribution in [0.2, 0.25) is 0 Å². The van der Waals surface area contributed by atoms with E-state index < -0.39 is 0 Å². The van der Waals surface area contributed by atoms with Gasteiger partial charge in [0.05, 0.1) is 5.69 Å². The van der Waals surface area contributed by atoms with Crippen LogP contribution in [0, 0.1) is 20.8 Å². The molecule has 1 aliphatic rings. The maximum absolute atomic E-state index is 5.26. The van der Waals surface area contributed by atoms with Gasteiger partial charge in [-0.1, -0.05) is 5.16 Å². The number of hydrogen-bond acceptors (Lipinski definition) is 7. The number of piperazine rings is 1. The predicted octanol–water partition coefficient (Wildman–Crippen LogP) is 1.36. The Hall–Kier alpha value is -2.48. The number of rotatable bonds is 3. The van der Waals surface area contributed by atoms with E-state index in [0.717, 1.165) is 61.5 Å². The van der Waals surface area contributed by atoms with Gasteiger partial charge in [0.25, 0.3) is 0 Å². The molecule has 0 unspecified atom stereocenters. The Labute approximate surface area is 140 Å². The third-order valence-electron chi connectivity index (χ3n) is 4.66. The predicted molar refractivity (Wildman–Crippen MR) is 89.0 cm³/mol. The van der Waals surface area contributed by atoms with E-state index in [1.54, 1.807) is 4.52 Å². The monoisotopic (exact) mass is 327 g/mol. The Morgan fingerprint density at radius 3 is 2.54 bits per heavy atom. The van der Waals surface area contributed by atoms with E-state index in [1.807, 2.05) is 32.9 Å². The van der Waals surface area contributed by atoms with Gasteiger partial charge in [0.2, 0.25) is 0 Å². The highest BCUT2D eigenvalue weighted by molar-refractivity contribution is 5.46. The Bertz CT molecular complexity index is 841. The van der Waals surface area contributed by atoms with Crippen LogP contribution in [0.4, 0.5) is 5.82 Å². The van der Waals surface area contributed by atoms with Gasteiger partial charge in [0, 0.05) is 38.3 Å². The number of anilines is 1. The van der Waals surface area contributed by atoms with Crippen LogP contribution in [-0.2, 0) is 6.54 Å². The van der Waals surface area contributed by atoms with Crippen LogP contribution in [0.5, 0.6) is 0 Å². The van der Waals surface area contributed by atoms with Crippen molar-refractivity contribution in [3.8, 4) is 0 Å². The first-order valence-corrected chi connectivity index (χ1v) is 8.20. The summed E-state index contributed by atoms with van der Waals surface area (Å²) in [7, 11) is 0. The van der Waals surface area contributed by atoms with Crippen molar-refractivity contribution in [1.29, 1.82) is 0 Å². The second-order valence-electron chi connectivity index (χ2n) is 6.27. The molecule has 0 spiro atoms. The SMILES string of the molecule is Cc1noc(C)c1CN1CCN(c2ccc3nnc(C)n3n2)CC1. The van der Waals surface area contributed by atoms with Crippen LogP contribution < -0.4 is 4.90 Å². The number of nitrogens with zero attached hydrogens (tertiary/aromatic N) is 7. The van der Waals surface area contributed by atoms with Gasteiger partial charge in [-0.3, -0.25) is 4.90 Å². The summed E-state index contributed by atoms with van der Waals surface area (Å²) < 4.78 is 7.06. The second-order valence-corrected chi connectivity index (χ2v) is 6.27. The smallest absolute Gasteiger partial charge is 0.178 e. The third-order valence-corrected chi connectivity index (χ3v) is 4.66. The molecule has 3 aromatic heterocycles. The van der Waals surface area contributed by atoms with Gasteiger partial charge in [-0.2, -0.15) is 4.52 Å². The Morgan fingerprint density at radius 2 is 1.83 bits per heavy atom. The molecule has 126 valence electrons. The summed E-state index contributed by atoms with van der Waals surface area (Å²) in [6, 6.07) is 3.99. The molecule has 0 aromatic carbocycles. The third kappa shape index (κ3) is 2.62. The van der Waals surface area contributed by atoms with Gasteiger partial charge in [-0.15, -0.1) is 15.3 Å². The fourth-order valence-electron chi connectivity index (χ4n) is 3.14. The molecule has 1 saturated heterocycles. The summed E-state index contributed by atoms with van der Waals surface area (Å²) in [4.78, 5) is 4.74. The van der Waals surface area contributed by atoms with Gasteiger partial charge in [0.15, 0.2) is 11.5 Å². The van der Waals surface area contributed by atoms with Crippen molar-refractivity contribution in [2.45, 2.75) is 27.3 Å². The zero-order valence-corrected chi connectivity index (χ0v) is 14.2. The lowest BCUT2D eigenvalue weighted by atomic mass is 10.2. The quantitative estimate of drug-likeness (QED) is 0.719. The standard InChI is InChI=1S/C16H21N7O/c1-11-14(12(2)24-20-11)10-21-6-8-22(9-7-21)16-5-4-15-18-17-13(3)23(15)19-16/h4-5H,6-10H2,1-3H3. The Balaban J connectivity index is 1.44. The largest absolute Gasteiger partial charge is 0.361 e. The van der Waals surface area contributed by atoms with Crippen LogP contribution >= 0.6 is 0 Å². The summed E-state index contributed by atoms with van der Waals surface area (Å²) in [5, 5.41) is 16.8. The molecule has 0 bridgehead atoms. The molecule has 24 heavy (non-hydrogen) atoms. The summed E-state index contributed by atoms with van der Waals surface area (Å²) in [5.41, 5.74) is 2.99. The van der Waals surface area contributed by atoms with E-state index in [0.29, 0.717) is 0 Å². The molecule has 3 aromatic rings. The summed E-state index contributed by atoms with van der Waals surface area (Å²) >= 11 is 0. The molecule has 0 amide bonds. The van der Waals surface area contributed by atoms with Crippen molar-refractivity contribution in [1.82, 2.24) is 29.9 Å². The number of hydrogen-bond donors (Lipinski definition) is 0. The van der Waals surface area contributed by atoms with Crippen molar-refractivity contribution in [2.75, 3.05) is 31.1 Å². The molecule has 1 fully saturated rings. The summed E-state index contributed by atoms with van der Waals surface area (Å²) in [6.45, 7) is 10.7. The molecule has 0 N–H and O–H groups in total. The van der Waals surface area contributed by atoms with Crippen molar-refractivity contribution in [2.24, 2.45) is 0 Å². The molecule has 8 nitrogen and oxygen atoms in total. The van der Waals surface area contributed by atoms with Gasteiger partial charge >= 0.3 is 0 Å². The molecule has 0 aliphatic carbocycles. The van der Waals surface area contributed by atoms with E-state index in [2.05, 4.69) is 30.3 Å². The van der Waals surface area contributed by atoms with Gasteiger partial charge in [0.1, 0.15) is 11.6 Å². The van der Waals surface area contributed by atoms with E-state index in [-0.39, 0.29) is 0 Å². The second kappa shape index (κ2) is 5.86. The summed E-state index contributed by atoms with van der Waals surface area (Å²) in [6.07, 6.45) is 0. The molecule has 0 saturated carbocycles. The van der Waals surface area contributed by atoms with E-state index in [9.17, 15) is 0 Å². The highest BCUT2D eigenvalue weighted by Gasteiger charge is 2.21. The number of aromatic nitrogens is 5. The van der Waals surface area contributed by atoms with Crippen molar-refractivity contribution >= 4 is 11.5 Å². The first-order chi connectivity index (χ1) is 11.6. The van der Waals surface area contributed by atoms with Crippen molar-refractivity contribution < 1.29 is 4.52 Å². The van der Waals surface area contributed by atoms with E-state index >= 15 is 0 Å². The maximum Gasteiger partial charge on any atom is 0.178 e. The Morgan fingerprint density at radius 1 is 1.04 bits per heavy atom. The van der Waals surface area contributed by atoms with Crippen LogP contribution in [-0.4, -0.2) is 56.0 Å². The molecular formula is C16H21N7O. The zero-order chi connectivity index (χ0) is 16.7. The molecule has 0 atom stereocenters. The van der Waals surface area contributed by atoms with Crippen LogP contribution in [0.15, 0.2) is 16.7 Å². The molecule has 1 aliphatic heterocycles. The average Bonchev–Trinajstić information content (AvgIpc) is 3.12. The fourth-order valence-corrected chi connectivity index (χ4v) is 3.14. The van der Waals surface area contributed by atoms with Gasteiger partial charge in [-0.05, 0) is 32.9 Å². The van der Waals surface area contributed by atoms with Gasteiger partial charge in [-0.25, -0.2) is 0 Å². The minimum absolute atomic E-state index is 0.785. The highest BCUT2D eigenvalue weighted by Crippen LogP contribution is 2.18. The summed E-state index contributed by atoms with van der Waals surface area (Å²) in [5.74, 6) is 2.71. The van der Waals surface area contributed by atoms with E-state index in [1.165, 1.54) is 5.56 Å². The lowest BCUT2D eigenvalue weighted by Gasteiger charge is -2.35.